The Morgan fingerprint density at radius 2 is 2.04 bits per heavy atom. The Labute approximate surface area is 157 Å². The number of fused-ring (bicyclic) bond motifs is 1. The van der Waals surface area contributed by atoms with Crippen molar-refractivity contribution in [3.8, 4) is 0 Å². The summed E-state index contributed by atoms with van der Waals surface area (Å²) < 4.78 is 1.01. The SMILES string of the molecule is CCCc1ncnc2nc(N(C)[C@H](C)C(=O)NCc3ccccc3)sc12. The molecule has 1 amide bonds. The maximum absolute atomic E-state index is 12.5. The topological polar surface area (TPSA) is 71.0 Å². The highest BCUT2D eigenvalue weighted by Gasteiger charge is 2.22. The third-order valence-corrected chi connectivity index (χ3v) is 5.50. The minimum absolute atomic E-state index is 0.0320. The van der Waals surface area contributed by atoms with Crippen molar-refractivity contribution in [2.45, 2.75) is 39.3 Å². The largest absolute Gasteiger partial charge is 0.350 e. The molecule has 0 aliphatic carbocycles. The summed E-state index contributed by atoms with van der Waals surface area (Å²) in [6.45, 7) is 4.52. The Hall–Kier alpha value is -2.54. The number of amides is 1. The number of hydrogen-bond donors (Lipinski definition) is 1. The summed E-state index contributed by atoms with van der Waals surface area (Å²) in [6.07, 6.45) is 3.48. The van der Waals surface area contributed by atoms with Crippen LogP contribution in [-0.2, 0) is 17.8 Å². The molecular formula is C19H23N5OS. The van der Waals surface area contributed by atoms with E-state index in [0.29, 0.717) is 12.2 Å². The Morgan fingerprint density at radius 1 is 1.27 bits per heavy atom. The van der Waals surface area contributed by atoms with Crippen LogP contribution in [0.15, 0.2) is 36.7 Å². The summed E-state index contributed by atoms with van der Waals surface area (Å²) in [7, 11) is 1.89. The molecule has 0 aliphatic heterocycles. The van der Waals surface area contributed by atoms with Gasteiger partial charge in [-0.15, -0.1) is 0 Å². The average molecular weight is 369 g/mol. The fourth-order valence-corrected chi connectivity index (χ4v) is 3.71. The zero-order chi connectivity index (χ0) is 18.5. The van der Waals surface area contributed by atoms with E-state index in [0.717, 1.165) is 33.9 Å². The molecule has 6 nitrogen and oxygen atoms in total. The second-order valence-corrected chi connectivity index (χ2v) is 7.19. The van der Waals surface area contributed by atoms with E-state index in [1.807, 2.05) is 49.2 Å². The van der Waals surface area contributed by atoms with Gasteiger partial charge < -0.3 is 10.2 Å². The Balaban J connectivity index is 1.71. The van der Waals surface area contributed by atoms with Crippen LogP contribution in [-0.4, -0.2) is 33.9 Å². The maximum atomic E-state index is 12.5. The molecule has 0 unspecified atom stereocenters. The summed E-state index contributed by atoms with van der Waals surface area (Å²) in [5.41, 5.74) is 2.80. The van der Waals surface area contributed by atoms with Gasteiger partial charge in [0.2, 0.25) is 5.91 Å². The van der Waals surface area contributed by atoms with E-state index in [1.54, 1.807) is 17.7 Å². The van der Waals surface area contributed by atoms with Crippen LogP contribution in [0.1, 0.15) is 31.5 Å². The highest BCUT2D eigenvalue weighted by molar-refractivity contribution is 7.22. The van der Waals surface area contributed by atoms with E-state index >= 15 is 0 Å². The smallest absolute Gasteiger partial charge is 0.242 e. The van der Waals surface area contributed by atoms with E-state index in [2.05, 4.69) is 27.2 Å². The first-order chi connectivity index (χ1) is 12.6. The molecule has 0 bridgehead atoms. The molecule has 0 fully saturated rings. The number of aryl methyl sites for hydroxylation is 1. The molecule has 2 heterocycles. The molecule has 0 saturated heterocycles. The van der Waals surface area contributed by atoms with Crippen LogP contribution in [0, 0.1) is 0 Å². The van der Waals surface area contributed by atoms with E-state index in [4.69, 9.17) is 0 Å². The third kappa shape index (κ3) is 3.99. The van der Waals surface area contributed by atoms with Gasteiger partial charge in [0.15, 0.2) is 10.8 Å². The average Bonchev–Trinajstić information content (AvgIpc) is 3.11. The van der Waals surface area contributed by atoms with Crippen molar-refractivity contribution in [2.24, 2.45) is 0 Å². The predicted molar refractivity (Wildman–Crippen MR) is 105 cm³/mol. The van der Waals surface area contributed by atoms with Gasteiger partial charge >= 0.3 is 0 Å². The molecule has 2 aromatic heterocycles. The van der Waals surface area contributed by atoms with E-state index in [-0.39, 0.29) is 11.9 Å². The normalized spacial score (nSPS) is 12.1. The number of carbonyl (C=O) groups excluding carboxylic acids is 1. The standard InChI is InChI=1S/C19H23N5OS/c1-4-8-15-16-17(22-12-21-15)23-19(26-16)24(3)13(2)18(25)20-11-14-9-6-5-7-10-14/h5-7,9-10,12-13H,4,8,11H2,1-3H3,(H,20,25)/t13-/m1/s1. The van der Waals surface area contributed by atoms with Crippen LogP contribution < -0.4 is 10.2 Å². The van der Waals surface area contributed by atoms with Crippen LogP contribution in [0.3, 0.4) is 0 Å². The summed E-state index contributed by atoms with van der Waals surface area (Å²) in [5.74, 6) is -0.0320. The molecule has 0 radical (unpaired) electrons. The lowest BCUT2D eigenvalue weighted by Gasteiger charge is -2.23. The monoisotopic (exact) mass is 369 g/mol. The van der Waals surface area contributed by atoms with Gasteiger partial charge in [-0.3, -0.25) is 4.79 Å². The number of benzene rings is 1. The first-order valence-electron chi connectivity index (χ1n) is 8.75. The van der Waals surface area contributed by atoms with Crippen LogP contribution in [0.2, 0.25) is 0 Å². The van der Waals surface area contributed by atoms with Crippen molar-refractivity contribution < 1.29 is 4.79 Å². The quantitative estimate of drug-likeness (QED) is 0.693. The first-order valence-corrected chi connectivity index (χ1v) is 9.56. The molecule has 3 aromatic rings. The minimum Gasteiger partial charge on any atom is -0.350 e. The molecule has 26 heavy (non-hydrogen) atoms. The second-order valence-electron chi connectivity index (χ2n) is 6.21. The number of thiazole rings is 1. The van der Waals surface area contributed by atoms with Crippen molar-refractivity contribution in [1.29, 1.82) is 0 Å². The number of nitrogens with one attached hydrogen (secondary N) is 1. The zero-order valence-corrected chi connectivity index (χ0v) is 16.1. The van der Waals surface area contributed by atoms with Gasteiger partial charge in [0, 0.05) is 13.6 Å². The van der Waals surface area contributed by atoms with Crippen LogP contribution >= 0.6 is 11.3 Å². The Morgan fingerprint density at radius 3 is 2.77 bits per heavy atom. The predicted octanol–water partition coefficient (Wildman–Crippen LogP) is 3.18. The molecular weight excluding hydrogens is 346 g/mol. The fourth-order valence-electron chi connectivity index (χ4n) is 2.63. The molecule has 0 spiro atoms. The van der Waals surface area contributed by atoms with Gasteiger partial charge in [-0.2, -0.15) is 4.98 Å². The highest BCUT2D eigenvalue weighted by atomic mass is 32.1. The van der Waals surface area contributed by atoms with Crippen molar-refractivity contribution >= 4 is 32.7 Å². The summed E-state index contributed by atoms with van der Waals surface area (Å²) in [5, 5.41) is 3.76. The van der Waals surface area contributed by atoms with Gasteiger partial charge in [0.1, 0.15) is 12.4 Å². The van der Waals surface area contributed by atoms with Crippen molar-refractivity contribution in [1.82, 2.24) is 20.3 Å². The Kier molecular flexibility index (Phi) is 5.78. The molecule has 0 saturated carbocycles. The lowest BCUT2D eigenvalue weighted by atomic mass is 10.2. The zero-order valence-electron chi connectivity index (χ0n) is 15.3. The number of rotatable bonds is 7. The lowest BCUT2D eigenvalue weighted by molar-refractivity contribution is -0.122. The second kappa shape index (κ2) is 8.23. The van der Waals surface area contributed by atoms with E-state index in [1.165, 1.54) is 0 Å². The summed E-state index contributed by atoms with van der Waals surface area (Å²) >= 11 is 1.54. The van der Waals surface area contributed by atoms with Gasteiger partial charge in [0.25, 0.3) is 0 Å². The van der Waals surface area contributed by atoms with Crippen LogP contribution in [0.25, 0.3) is 10.3 Å². The maximum Gasteiger partial charge on any atom is 0.242 e. The number of anilines is 1. The Bertz CT molecular complexity index is 880. The number of nitrogens with zero attached hydrogens (tertiary/aromatic N) is 4. The highest BCUT2D eigenvalue weighted by Crippen LogP contribution is 2.30. The van der Waals surface area contributed by atoms with Gasteiger partial charge in [-0.05, 0) is 18.9 Å². The van der Waals surface area contributed by atoms with E-state index in [9.17, 15) is 4.79 Å². The molecule has 1 N–H and O–H groups in total. The molecule has 7 heteroatoms. The molecule has 3 rings (SSSR count). The first kappa shape index (κ1) is 18.3. The number of aromatic nitrogens is 3. The van der Waals surface area contributed by atoms with Gasteiger partial charge in [-0.25, -0.2) is 9.97 Å². The molecule has 1 atom stereocenters. The number of hydrogen-bond acceptors (Lipinski definition) is 6. The third-order valence-electron chi connectivity index (χ3n) is 4.31. The molecule has 0 aliphatic rings. The molecule has 1 aromatic carbocycles. The fraction of sp³-hybridized carbons (Fsp3) is 0.368. The van der Waals surface area contributed by atoms with Crippen molar-refractivity contribution in [3.63, 3.8) is 0 Å². The van der Waals surface area contributed by atoms with E-state index < -0.39 is 0 Å². The van der Waals surface area contributed by atoms with Crippen molar-refractivity contribution in [3.05, 3.63) is 47.9 Å². The van der Waals surface area contributed by atoms with Gasteiger partial charge in [0.05, 0.1) is 10.4 Å². The van der Waals surface area contributed by atoms with Crippen LogP contribution in [0.4, 0.5) is 5.13 Å². The summed E-state index contributed by atoms with van der Waals surface area (Å²) in [6, 6.07) is 9.55. The molecule has 136 valence electrons. The summed E-state index contributed by atoms with van der Waals surface area (Å²) in [4.78, 5) is 27.6. The lowest BCUT2D eigenvalue weighted by Crippen LogP contribution is -2.43. The van der Waals surface area contributed by atoms with Gasteiger partial charge in [-0.1, -0.05) is 55.0 Å². The van der Waals surface area contributed by atoms with Crippen LogP contribution in [0.5, 0.6) is 0 Å². The van der Waals surface area contributed by atoms with Crippen molar-refractivity contribution in [2.75, 3.05) is 11.9 Å². The number of likely N-dealkylation sites (N-methyl/N-ethyl adjacent to an activating group) is 1. The minimum atomic E-state index is -0.332. The number of carbonyl (C=O) groups is 1.